The first-order chi connectivity index (χ1) is 9.48. The Bertz CT molecular complexity index is 634. The molecule has 1 fully saturated rings. The van der Waals surface area contributed by atoms with Crippen molar-refractivity contribution >= 4 is 10.0 Å². The number of sulfonamides is 1. The van der Waals surface area contributed by atoms with Crippen LogP contribution in [0.15, 0.2) is 23.1 Å². The highest BCUT2D eigenvalue weighted by Crippen LogP contribution is 2.27. The van der Waals surface area contributed by atoms with Crippen molar-refractivity contribution in [2.24, 2.45) is 5.92 Å². The van der Waals surface area contributed by atoms with E-state index in [1.165, 1.54) is 16.4 Å². The Hall–Kier alpha value is -1.42. The van der Waals surface area contributed by atoms with E-state index in [0.717, 1.165) is 6.42 Å². The highest BCUT2D eigenvalue weighted by atomic mass is 32.2. The monoisotopic (exact) mass is 294 g/mol. The number of rotatable bonds is 4. The van der Waals surface area contributed by atoms with Gasteiger partial charge < -0.3 is 5.11 Å². The van der Waals surface area contributed by atoms with Gasteiger partial charge >= 0.3 is 0 Å². The minimum atomic E-state index is -3.50. The minimum Gasteiger partial charge on any atom is -0.396 e. The third kappa shape index (κ3) is 2.85. The highest BCUT2D eigenvalue weighted by molar-refractivity contribution is 7.89. The number of aliphatic hydroxyl groups excluding tert-OH is 1. The fourth-order valence-electron chi connectivity index (χ4n) is 2.58. The van der Waals surface area contributed by atoms with E-state index in [2.05, 4.69) is 0 Å². The van der Waals surface area contributed by atoms with Crippen molar-refractivity contribution in [3.05, 3.63) is 29.3 Å². The molecule has 20 heavy (non-hydrogen) atoms. The van der Waals surface area contributed by atoms with Crippen LogP contribution >= 0.6 is 0 Å². The minimum absolute atomic E-state index is 0.0917. The molecular weight excluding hydrogens is 276 g/mol. The van der Waals surface area contributed by atoms with Gasteiger partial charge in [0.25, 0.3) is 0 Å². The van der Waals surface area contributed by atoms with Crippen LogP contribution in [-0.2, 0) is 10.0 Å². The standard InChI is InChI=1S/C14H18N2O3S/c1-11-8-13(9-15)2-3-14(11)20(18,19)16-6-4-12(10-16)5-7-17/h2-3,8,12,17H,4-7,10H2,1H3. The molecule has 0 saturated carbocycles. The molecule has 0 radical (unpaired) electrons. The zero-order chi connectivity index (χ0) is 14.8. The van der Waals surface area contributed by atoms with E-state index in [-0.39, 0.29) is 17.4 Å². The first-order valence-corrected chi connectivity index (χ1v) is 8.05. The Morgan fingerprint density at radius 3 is 2.85 bits per heavy atom. The van der Waals surface area contributed by atoms with E-state index in [4.69, 9.17) is 10.4 Å². The van der Waals surface area contributed by atoms with Crippen LogP contribution in [0.3, 0.4) is 0 Å². The van der Waals surface area contributed by atoms with Gasteiger partial charge in [-0.1, -0.05) is 0 Å². The number of benzene rings is 1. The summed E-state index contributed by atoms with van der Waals surface area (Å²) in [5.41, 5.74) is 1.05. The van der Waals surface area contributed by atoms with Crippen molar-refractivity contribution < 1.29 is 13.5 Å². The molecule has 0 bridgehead atoms. The lowest BCUT2D eigenvalue weighted by molar-refractivity contribution is 0.259. The number of hydrogen-bond donors (Lipinski definition) is 1. The van der Waals surface area contributed by atoms with E-state index in [0.29, 0.717) is 30.6 Å². The van der Waals surface area contributed by atoms with E-state index in [1.54, 1.807) is 13.0 Å². The van der Waals surface area contributed by atoms with Crippen molar-refractivity contribution in [1.29, 1.82) is 5.26 Å². The molecule has 108 valence electrons. The van der Waals surface area contributed by atoms with Gasteiger partial charge in [0.2, 0.25) is 10.0 Å². The summed E-state index contributed by atoms with van der Waals surface area (Å²) in [5, 5.41) is 17.8. The van der Waals surface area contributed by atoms with Crippen molar-refractivity contribution in [2.75, 3.05) is 19.7 Å². The van der Waals surface area contributed by atoms with Gasteiger partial charge in [0, 0.05) is 19.7 Å². The fraction of sp³-hybridized carbons (Fsp3) is 0.500. The Labute approximate surface area is 119 Å². The van der Waals surface area contributed by atoms with Crippen LogP contribution in [0.25, 0.3) is 0 Å². The second-order valence-corrected chi connectivity index (χ2v) is 7.03. The van der Waals surface area contributed by atoms with Gasteiger partial charge in [-0.05, 0) is 49.4 Å². The summed E-state index contributed by atoms with van der Waals surface area (Å²) < 4.78 is 26.6. The maximum Gasteiger partial charge on any atom is 0.243 e. The zero-order valence-electron chi connectivity index (χ0n) is 11.4. The van der Waals surface area contributed by atoms with Crippen LogP contribution in [0.1, 0.15) is 24.0 Å². The van der Waals surface area contributed by atoms with Gasteiger partial charge in [0.1, 0.15) is 0 Å². The molecule has 1 atom stereocenters. The number of hydrogen-bond acceptors (Lipinski definition) is 4. The van der Waals surface area contributed by atoms with Crippen molar-refractivity contribution in [2.45, 2.75) is 24.7 Å². The molecule has 0 spiro atoms. The average molecular weight is 294 g/mol. The van der Waals surface area contributed by atoms with Gasteiger partial charge in [-0.25, -0.2) is 8.42 Å². The molecule has 1 unspecified atom stereocenters. The topological polar surface area (TPSA) is 81.4 Å². The molecule has 1 N–H and O–H groups in total. The lowest BCUT2D eigenvalue weighted by Gasteiger charge is -2.18. The van der Waals surface area contributed by atoms with Crippen LogP contribution in [-0.4, -0.2) is 37.5 Å². The summed E-state index contributed by atoms with van der Waals surface area (Å²) >= 11 is 0. The molecule has 0 amide bonds. The Kier molecular flexibility index (Phi) is 4.43. The average Bonchev–Trinajstić information content (AvgIpc) is 2.88. The predicted molar refractivity (Wildman–Crippen MR) is 74.5 cm³/mol. The van der Waals surface area contributed by atoms with Gasteiger partial charge in [-0.2, -0.15) is 9.57 Å². The largest absolute Gasteiger partial charge is 0.396 e. The third-order valence-electron chi connectivity index (χ3n) is 3.71. The maximum absolute atomic E-state index is 12.6. The Morgan fingerprint density at radius 2 is 2.25 bits per heavy atom. The Balaban J connectivity index is 2.26. The third-order valence-corrected chi connectivity index (χ3v) is 5.73. The lowest BCUT2D eigenvalue weighted by Crippen LogP contribution is -2.29. The maximum atomic E-state index is 12.6. The molecule has 6 heteroatoms. The molecule has 5 nitrogen and oxygen atoms in total. The summed E-state index contributed by atoms with van der Waals surface area (Å²) in [6.45, 7) is 2.75. The first kappa shape index (κ1) is 15.0. The molecular formula is C14H18N2O3S. The van der Waals surface area contributed by atoms with Crippen LogP contribution in [0, 0.1) is 24.2 Å². The smallest absolute Gasteiger partial charge is 0.243 e. The molecule has 1 aromatic carbocycles. The molecule has 1 aromatic rings. The number of nitrogens with zero attached hydrogens (tertiary/aromatic N) is 2. The molecule has 2 rings (SSSR count). The van der Waals surface area contributed by atoms with Gasteiger partial charge in [0.05, 0.1) is 16.5 Å². The van der Waals surface area contributed by atoms with Crippen LogP contribution in [0.5, 0.6) is 0 Å². The number of aryl methyl sites for hydroxylation is 1. The second kappa shape index (κ2) is 5.92. The molecule has 1 heterocycles. The highest BCUT2D eigenvalue weighted by Gasteiger charge is 2.32. The van der Waals surface area contributed by atoms with E-state index in [9.17, 15) is 8.42 Å². The molecule has 0 aliphatic carbocycles. The quantitative estimate of drug-likeness (QED) is 0.906. The van der Waals surface area contributed by atoms with E-state index < -0.39 is 10.0 Å². The summed E-state index contributed by atoms with van der Waals surface area (Å²) in [7, 11) is -3.50. The molecule has 0 aromatic heterocycles. The normalized spacial score (nSPS) is 19.9. The second-order valence-electron chi connectivity index (χ2n) is 5.12. The predicted octanol–water partition coefficient (Wildman–Crippen LogP) is 1.26. The fourth-order valence-corrected chi connectivity index (χ4v) is 4.32. The van der Waals surface area contributed by atoms with Crippen LogP contribution in [0.2, 0.25) is 0 Å². The van der Waals surface area contributed by atoms with E-state index >= 15 is 0 Å². The number of nitriles is 1. The van der Waals surface area contributed by atoms with Crippen molar-refractivity contribution in [3.63, 3.8) is 0 Å². The molecule has 1 saturated heterocycles. The van der Waals surface area contributed by atoms with Gasteiger partial charge in [-0.15, -0.1) is 0 Å². The van der Waals surface area contributed by atoms with Crippen molar-refractivity contribution in [3.8, 4) is 6.07 Å². The first-order valence-electron chi connectivity index (χ1n) is 6.61. The van der Waals surface area contributed by atoms with Crippen molar-refractivity contribution in [1.82, 2.24) is 4.31 Å². The SMILES string of the molecule is Cc1cc(C#N)ccc1S(=O)(=O)N1CCC(CCO)C1. The van der Waals surface area contributed by atoms with Gasteiger partial charge in [-0.3, -0.25) is 0 Å². The molecule has 1 aliphatic rings. The Morgan fingerprint density at radius 1 is 1.50 bits per heavy atom. The van der Waals surface area contributed by atoms with E-state index in [1.807, 2.05) is 6.07 Å². The van der Waals surface area contributed by atoms with Crippen LogP contribution in [0.4, 0.5) is 0 Å². The zero-order valence-corrected chi connectivity index (χ0v) is 12.2. The summed E-state index contributed by atoms with van der Waals surface area (Å²) in [6.07, 6.45) is 1.42. The lowest BCUT2D eigenvalue weighted by atomic mass is 10.1. The molecule has 1 aliphatic heterocycles. The summed E-state index contributed by atoms with van der Waals surface area (Å²) in [5.74, 6) is 0.230. The van der Waals surface area contributed by atoms with Gasteiger partial charge in [0.15, 0.2) is 0 Å². The summed E-state index contributed by atoms with van der Waals surface area (Å²) in [6, 6.07) is 6.63. The summed E-state index contributed by atoms with van der Waals surface area (Å²) in [4.78, 5) is 0.265. The number of aliphatic hydroxyl groups is 1. The van der Waals surface area contributed by atoms with Crippen LogP contribution < -0.4 is 0 Å².